The molecular formula is C18H18BFN2O2S. The Bertz CT molecular complexity index is 854. The van der Waals surface area contributed by atoms with Crippen molar-refractivity contribution in [1.29, 1.82) is 5.26 Å². The van der Waals surface area contributed by atoms with Gasteiger partial charge in [-0.25, -0.2) is 4.39 Å². The highest BCUT2D eigenvalue weighted by Crippen LogP contribution is 2.39. The van der Waals surface area contributed by atoms with Gasteiger partial charge in [-0.2, -0.15) is 5.26 Å². The maximum Gasteiger partial charge on any atom is 0.525 e. The van der Waals surface area contributed by atoms with Crippen LogP contribution in [-0.4, -0.2) is 23.3 Å². The molecule has 0 aromatic carbocycles. The molecule has 7 heteroatoms. The van der Waals surface area contributed by atoms with Crippen molar-refractivity contribution < 1.29 is 13.7 Å². The Morgan fingerprint density at radius 2 is 1.92 bits per heavy atom. The van der Waals surface area contributed by atoms with E-state index in [0.717, 1.165) is 9.75 Å². The van der Waals surface area contributed by atoms with Crippen molar-refractivity contribution in [2.45, 2.75) is 38.9 Å². The van der Waals surface area contributed by atoms with Gasteiger partial charge in [-0.05, 0) is 58.0 Å². The molecule has 0 N–H and O–H groups in total. The first-order chi connectivity index (χ1) is 11.7. The fraction of sp³-hybridized carbons (Fsp3) is 0.333. The molecule has 1 saturated heterocycles. The molecule has 1 aliphatic rings. The van der Waals surface area contributed by atoms with E-state index in [1.807, 2.05) is 39.8 Å². The molecule has 2 aromatic heterocycles. The van der Waals surface area contributed by atoms with Crippen LogP contribution in [0, 0.1) is 11.3 Å². The zero-order valence-corrected chi connectivity index (χ0v) is 15.4. The number of pyridine rings is 1. The minimum atomic E-state index is -1.00. The molecule has 128 valence electrons. The summed E-state index contributed by atoms with van der Waals surface area (Å²) in [5.41, 5.74) is -0.389. The second-order valence-corrected chi connectivity index (χ2v) is 7.98. The summed E-state index contributed by atoms with van der Waals surface area (Å²) in [5, 5.41) is 8.98. The first kappa shape index (κ1) is 17.8. The van der Waals surface area contributed by atoms with Gasteiger partial charge in [0.05, 0.1) is 33.4 Å². The van der Waals surface area contributed by atoms with Gasteiger partial charge in [-0.15, -0.1) is 11.3 Å². The lowest BCUT2D eigenvalue weighted by molar-refractivity contribution is 0.00578. The highest BCUT2D eigenvalue weighted by molar-refractivity contribution is 7.16. The summed E-state index contributed by atoms with van der Waals surface area (Å²) in [5.74, 6) is 0. The van der Waals surface area contributed by atoms with Gasteiger partial charge in [0, 0.05) is 11.1 Å². The van der Waals surface area contributed by atoms with Crippen molar-refractivity contribution in [3.05, 3.63) is 46.6 Å². The van der Waals surface area contributed by atoms with Crippen molar-refractivity contribution in [2.75, 3.05) is 0 Å². The molecule has 25 heavy (non-hydrogen) atoms. The molecule has 2 aromatic rings. The van der Waals surface area contributed by atoms with Crippen LogP contribution in [0.1, 0.15) is 38.1 Å². The van der Waals surface area contributed by atoms with Gasteiger partial charge in [0.2, 0.25) is 0 Å². The molecule has 0 aliphatic carbocycles. The van der Waals surface area contributed by atoms with E-state index in [9.17, 15) is 4.39 Å². The first-order valence-corrected chi connectivity index (χ1v) is 8.72. The topological polar surface area (TPSA) is 55.1 Å². The molecular weight excluding hydrogens is 338 g/mol. The largest absolute Gasteiger partial charge is 0.525 e. The lowest BCUT2D eigenvalue weighted by atomic mass is 9.87. The van der Waals surface area contributed by atoms with Crippen molar-refractivity contribution in [3.8, 4) is 16.6 Å². The van der Waals surface area contributed by atoms with E-state index >= 15 is 0 Å². The molecule has 3 rings (SSSR count). The lowest BCUT2D eigenvalue weighted by Gasteiger charge is -2.32. The highest BCUT2D eigenvalue weighted by atomic mass is 32.1. The summed E-state index contributed by atoms with van der Waals surface area (Å²) in [7, 11) is -1.00. The Kier molecular flexibility index (Phi) is 4.54. The Morgan fingerprint density at radius 1 is 1.24 bits per heavy atom. The smallest absolute Gasteiger partial charge is 0.398 e. The standard InChI is InChI=1S/C18H18BFN2O2S/c1-17(2)18(3,4)24-19(23-17)16(20)10-13-5-6-15(25-13)14-9-12(11-21)7-8-22-14/h5-10H,1-4H3. The molecule has 0 saturated carbocycles. The van der Waals surface area contributed by atoms with E-state index in [1.165, 1.54) is 17.4 Å². The number of hydrogen-bond acceptors (Lipinski definition) is 5. The first-order valence-electron chi connectivity index (χ1n) is 7.91. The number of nitriles is 1. The summed E-state index contributed by atoms with van der Waals surface area (Å²) >= 11 is 1.39. The molecule has 0 unspecified atom stereocenters. The number of hydrogen-bond donors (Lipinski definition) is 0. The van der Waals surface area contributed by atoms with E-state index in [2.05, 4.69) is 11.1 Å². The zero-order chi connectivity index (χ0) is 18.2. The third-order valence-electron chi connectivity index (χ3n) is 4.53. The average Bonchev–Trinajstić information content (AvgIpc) is 3.10. The van der Waals surface area contributed by atoms with Crippen molar-refractivity contribution >= 4 is 24.5 Å². The van der Waals surface area contributed by atoms with Gasteiger partial charge in [-0.1, -0.05) is 0 Å². The van der Waals surface area contributed by atoms with Crippen LogP contribution < -0.4 is 0 Å². The molecule has 0 radical (unpaired) electrons. The molecule has 1 aliphatic heterocycles. The van der Waals surface area contributed by atoms with Crippen LogP contribution >= 0.6 is 11.3 Å². The third-order valence-corrected chi connectivity index (χ3v) is 5.58. The van der Waals surface area contributed by atoms with E-state index in [4.69, 9.17) is 14.6 Å². The van der Waals surface area contributed by atoms with Crippen LogP contribution in [0.2, 0.25) is 0 Å². The van der Waals surface area contributed by atoms with Crippen LogP contribution in [0.15, 0.2) is 36.2 Å². The van der Waals surface area contributed by atoms with E-state index in [-0.39, 0.29) is 0 Å². The van der Waals surface area contributed by atoms with Crippen LogP contribution in [0.25, 0.3) is 16.6 Å². The Hall–Kier alpha value is -2.01. The predicted octanol–water partition coefficient (Wildman–Crippen LogP) is 4.62. The quantitative estimate of drug-likeness (QED) is 0.753. The van der Waals surface area contributed by atoms with Crippen LogP contribution in [-0.2, 0) is 9.31 Å². The van der Waals surface area contributed by atoms with Gasteiger partial charge in [0.25, 0.3) is 0 Å². The molecule has 0 amide bonds. The number of thiophene rings is 1. The zero-order valence-electron chi connectivity index (χ0n) is 14.5. The fourth-order valence-electron chi connectivity index (χ4n) is 2.36. The summed E-state index contributed by atoms with van der Waals surface area (Å²) in [6, 6.07) is 9.12. The maximum absolute atomic E-state index is 14.6. The summed E-state index contributed by atoms with van der Waals surface area (Å²) in [6.45, 7) is 7.55. The molecule has 3 heterocycles. The summed E-state index contributed by atoms with van der Waals surface area (Å²) in [4.78, 5) is 5.85. The minimum absolute atomic E-state index is 0.467. The SMILES string of the molecule is CC1(C)OB(C(F)=Cc2ccc(-c3cc(C#N)ccn3)s2)OC1(C)C. The molecule has 1 fully saturated rings. The Morgan fingerprint density at radius 3 is 2.56 bits per heavy atom. The van der Waals surface area contributed by atoms with Crippen LogP contribution in [0.4, 0.5) is 4.39 Å². The van der Waals surface area contributed by atoms with Gasteiger partial charge in [-0.3, -0.25) is 4.98 Å². The van der Waals surface area contributed by atoms with Crippen LogP contribution in [0.5, 0.6) is 0 Å². The maximum atomic E-state index is 14.6. The molecule has 0 spiro atoms. The Labute approximate surface area is 151 Å². The minimum Gasteiger partial charge on any atom is -0.398 e. The van der Waals surface area contributed by atoms with Gasteiger partial charge in [0.15, 0.2) is 0 Å². The van der Waals surface area contributed by atoms with E-state index < -0.39 is 24.0 Å². The van der Waals surface area contributed by atoms with Crippen molar-refractivity contribution in [3.63, 3.8) is 0 Å². The number of aromatic nitrogens is 1. The number of nitrogens with zero attached hydrogens (tertiary/aromatic N) is 2. The normalized spacial score (nSPS) is 19.0. The Balaban J connectivity index is 1.81. The molecule has 4 nitrogen and oxygen atoms in total. The second kappa shape index (κ2) is 6.38. The third kappa shape index (κ3) is 3.52. The molecule has 0 bridgehead atoms. The van der Waals surface area contributed by atoms with Crippen molar-refractivity contribution in [1.82, 2.24) is 4.98 Å². The summed E-state index contributed by atoms with van der Waals surface area (Å²) < 4.78 is 26.0. The van der Waals surface area contributed by atoms with Gasteiger partial charge in [0.1, 0.15) is 5.73 Å². The lowest BCUT2D eigenvalue weighted by Crippen LogP contribution is -2.41. The van der Waals surface area contributed by atoms with Crippen molar-refractivity contribution in [2.24, 2.45) is 0 Å². The van der Waals surface area contributed by atoms with Gasteiger partial charge < -0.3 is 9.31 Å². The highest BCUT2D eigenvalue weighted by Gasteiger charge is 2.53. The van der Waals surface area contributed by atoms with E-state index in [1.54, 1.807) is 18.3 Å². The van der Waals surface area contributed by atoms with Gasteiger partial charge >= 0.3 is 7.12 Å². The second-order valence-electron chi connectivity index (χ2n) is 6.86. The number of halogens is 1. The predicted molar refractivity (Wildman–Crippen MR) is 97.4 cm³/mol. The summed E-state index contributed by atoms with van der Waals surface area (Å²) in [6.07, 6.45) is 3.01. The van der Waals surface area contributed by atoms with E-state index in [0.29, 0.717) is 11.3 Å². The fourth-order valence-corrected chi connectivity index (χ4v) is 3.28. The monoisotopic (exact) mass is 356 g/mol. The average molecular weight is 356 g/mol. The van der Waals surface area contributed by atoms with Crippen LogP contribution in [0.3, 0.4) is 0 Å². The number of rotatable bonds is 3. The molecule has 0 atom stereocenters.